The molecular formula is C12H24N2O2. The standard InChI is InChI=1S/C12H24N2O2/c1-12(2,11(15)16-4)6-8-14-7-5-10(9-14)13-3/h10,13H,5-9H2,1-4H3. The van der Waals surface area contributed by atoms with E-state index in [2.05, 4.69) is 10.2 Å². The van der Waals surface area contributed by atoms with Crippen LogP contribution in [0.1, 0.15) is 26.7 Å². The first-order valence-electron chi connectivity index (χ1n) is 5.97. The first-order chi connectivity index (χ1) is 7.49. The van der Waals surface area contributed by atoms with E-state index in [1.54, 1.807) is 0 Å². The van der Waals surface area contributed by atoms with Gasteiger partial charge < -0.3 is 15.0 Å². The third-order valence-electron chi connectivity index (χ3n) is 3.47. The van der Waals surface area contributed by atoms with Gasteiger partial charge in [0.25, 0.3) is 0 Å². The molecule has 4 nitrogen and oxygen atoms in total. The molecule has 0 aromatic rings. The molecule has 0 aliphatic carbocycles. The zero-order valence-electron chi connectivity index (χ0n) is 10.9. The number of rotatable bonds is 5. The van der Waals surface area contributed by atoms with Gasteiger partial charge in [0.05, 0.1) is 12.5 Å². The van der Waals surface area contributed by atoms with E-state index < -0.39 is 0 Å². The highest BCUT2D eigenvalue weighted by atomic mass is 16.5. The Bertz CT molecular complexity index is 241. The predicted octanol–water partition coefficient (Wildman–Crippen LogP) is 0.869. The molecule has 0 amide bonds. The van der Waals surface area contributed by atoms with Crippen LogP contribution in [0.3, 0.4) is 0 Å². The summed E-state index contributed by atoms with van der Waals surface area (Å²) >= 11 is 0. The van der Waals surface area contributed by atoms with E-state index in [-0.39, 0.29) is 11.4 Å². The van der Waals surface area contributed by atoms with Crippen molar-refractivity contribution in [2.75, 3.05) is 33.8 Å². The molecule has 0 aromatic heterocycles. The number of likely N-dealkylation sites (N-methyl/N-ethyl adjacent to an activating group) is 1. The third kappa shape index (κ3) is 3.46. The van der Waals surface area contributed by atoms with Crippen LogP contribution >= 0.6 is 0 Å². The van der Waals surface area contributed by atoms with Crippen molar-refractivity contribution in [1.29, 1.82) is 0 Å². The zero-order chi connectivity index (χ0) is 12.2. The van der Waals surface area contributed by atoms with Gasteiger partial charge >= 0.3 is 5.97 Å². The van der Waals surface area contributed by atoms with E-state index in [0.717, 1.165) is 26.1 Å². The lowest BCUT2D eigenvalue weighted by molar-refractivity contribution is -0.151. The van der Waals surface area contributed by atoms with Crippen molar-refractivity contribution in [3.63, 3.8) is 0 Å². The van der Waals surface area contributed by atoms with Crippen molar-refractivity contribution < 1.29 is 9.53 Å². The SMILES string of the molecule is CNC1CCN(CCC(C)(C)C(=O)OC)C1. The van der Waals surface area contributed by atoms with E-state index in [4.69, 9.17) is 4.74 Å². The molecule has 1 fully saturated rings. The second-order valence-corrected chi connectivity index (χ2v) is 5.20. The quantitative estimate of drug-likeness (QED) is 0.709. The molecule has 0 aromatic carbocycles. The van der Waals surface area contributed by atoms with Crippen molar-refractivity contribution >= 4 is 5.97 Å². The predicted molar refractivity (Wildman–Crippen MR) is 64.3 cm³/mol. The van der Waals surface area contributed by atoms with Gasteiger partial charge in [-0.25, -0.2) is 0 Å². The fraction of sp³-hybridized carbons (Fsp3) is 0.917. The highest BCUT2D eigenvalue weighted by Gasteiger charge is 2.30. The molecule has 1 aliphatic rings. The van der Waals surface area contributed by atoms with Gasteiger partial charge in [-0.05, 0) is 46.8 Å². The normalized spacial score (nSPS) is 22.4. The monoisotopic (exact) mass is 228 g/mol. The van der Waals surface area contributed by atoms with Crippen LogP contribution in [0.25, 0.3) is 0 Å². The van der Waals surface area contributed by atoms with Gasteiger partial charge in [-0.15, -0.1) is 0 Å². The number of nitrogens with one attached hydrogen (secondary N) is 1. The van der Waals surface area contributed by atoms with Crippen LogP contribution in [0.15, 0.2) is 0 Å². The molecule has 0 bridgehead atoms. The minimum Gasteiger partial charge on any atom is -0.469 e. The molecule has 1 N–H and O–H groups in total. The Kier molecular flexibility index (Phi) is 4.74. The van der Waals surface area contributed by atoms with Crippen molar-refractivity contribution in [3.8, 4) is 0 Å². The Morgan fingerprint density at radius 1 is 1.56 bits per heavy atom. The summed E-state index contributed by atoms with van der Waals surface area (Å²) in [5.41, 5.74) is -0.369. The van der Waals surface area contributed by atoms with E-state index in [0.29, 0.717) is 6.04 Å². The Labute approximate surface area is 98.3 Å². The lowest BCUT2D eigenvalue weighted by Gasteiger charge is -2.24. The van der Waals surface area contributed by atoms with Crippen LogP contribution in [-0.4, -0.2) is 50.7 Å². The highest BCUT2D eigenvalue weighted by molar-refractivity contribution is 5.75. The van der Waals surface area contributed by atoms with Crippen molar-refractivity contribution in [2.45, 2.75) is 32.7 Å². The van der Waals surface area contributed by atoms with Crippen LogP contribution < -0.4 is 5.32 Å². The Balaban J connectivity index is 2.32. The number of carbonyl (C=O) groups is 1. The van der Waals surface area contributed by atoms with Crippen LogP contribution in [0.5, 0.6) is 0 Å². The number of hydrogen-bond acceptors (Lipinski definition) is 4. The first kappa shape index (κ1) is 13.5. The van der Waals surface area contributed by atoms with Gasteiger partial charge in [0.1, 0.15) is 0 Å². The largest absolute Gasteiger partial charge is 0.469 e. The molecule has 16 heavy (non-hydrogen) atoms. The number of ether oxygens (including phenoxy) is 1. The summed E-state index contributed by atoms with van der Waals surface area (Å²) in [5, 5.41) is 3.29. The van der Waals surface area contributed by atoms with E-state index in [1.165, 1.54) is 13.5 Å². The van der Waals surface area contributed by atoms with Crippen LogP contribution in [0.2, 0.25) is 0 Å². The van der Waals surface area contributed by atoms with Crippen molar-refractivity contribution in [2.24, 2.45) is 5.41 Å². The summed E-state index contributed by atoms with van der Waals surface area (Å²) in [5.74, 6) is -0.114. The molecule has 1 aliphatic heterocycles. The van der Waals surface area contributed by atoms with Gasteiger partial charge in [0, 0.05) is 12.6 Å². The highest BCUT2D eigenvalue weighted by Crippen LogP contribution is 2.23. The van der Waals surface area contributed by atoms with Crippen LogP contribution in [0, 0.1) is 5.41 Å². The van der Waals surface area contributed by atoms with Crippen LogP contribution in [-0.2, 0) is 9.53 Å². The van der Waals surface area contributed by atoms with E-state index in [1.807, 2.05) is 20.9 Å². The minimum atomic E-state index is -0.369. The number of methoxy groups -OCH3 is 1. The Hall–Kier alpha value is -0.610. The average molecular weight is 228 g/mol. The second kappa shape index (κ2) is 5.64. The van der Waals surface area contributed by atoms with Crippen LogP contribution in [0.4, 0.5) is 0 Å². The van der Waals surface area contributed by atoms with Gasteiger partial charge in [-0.2, -0.15) is 0 Å². The summed E-state index contributed by atoms with van der Waals surface area (Å²) in [4.78, 5) is 13.9. The number of likely N-dealkylation sites (tertiary alicyclic amines) is 1. The molecular weight excluding hydrogens is 204 g/mol. The molecule has 1 heterocycles. The van der Waals surface area contributed by atoms with Crippen molar-refractivity contribution in [3.05, 3.63) is 0 Å². The van der Waals surface area contributed by atoms with E-state index in [9.17, 15) is 4.79 Å². The maximum atomic E-state index is 11.5. The summed E-state index contributed by atoms with van der Waals surface area (Å²) in [6.07, 6.45) is 2.06. The smallest absolute Gasteiger partial charge is 0.311 e. The molecule has 4 heteroatoms. The lowest BCUT2D eigenvalue weighted by atomic mass is 9.89. The van der Waals surface area contributed by atoms with Gasteiger partial charge in [-0.3, -0.25) is 4.79 Å². The fourth-order valence-electron chi connectivity index (χ4n) is 2.09. The molecule has 1 unspecified atom stereocenters. The topological polar surface area (TPSA) is 41.6 Å². The fourth-order valence-corrected chi connectivity index (χ4v) is 2.09. The van der Waals surface area contributed by atoms with Gasteiger partial charge in [-0.1, -0.05) is 0 Å². The molecule has 94 valence electrons. The second-order valence-electron chi connectivity index (χ2n) is 5.20. The van der Waals surface area contributed by atoms with Gasteiger partial charge in [0.15, 0.2) is 0 Å². The average Bonchev–Trinajstić information content (AvgIpc) is 2.73. The number of hydrogen-bond donors (Lipinski definition) is 1. The molecule has 1 saturated heterocycles. The molecule has 0 saturated carbocycles. The summed E-state index contributed by atoms with van der Waals surface area (Å²) in [6.45, 7) is 7.09. The molecule has 0 spiro atoms. The summed E-state index contributed by atoms with van der Waals surface area (Å²) in [6, 6.07) is 0.612. The number of esters is 1. The third-order valence-corrected chi connectivity index (χ3v) is 3.47. The first-order valence-corrected chi connectivity index (χ1v) is 5.97. The number of nitrogens with zero attached hydrogens (tertiary/aromatic N) is 1. The summed E-state index contributed by atoms with van der Waals surface area (Å²) in [7, 11) is 3.46. The summed E-state index contributed by atoms with van der Waals surface area (Å²) < 4.78 is 4.80. The lowest BCUT2D eigenvalue weighted by Crippen LogP contribution is -2.34. The zero-order valence-corrected chi connectivity index (χ0v) is 10.9. The Morgan fingerprint density at radius 3 is 2.75 bits per heavy atom. The van der Waals surface area contributed by atoms with Crippen molar-refractivity contribution in [1.82, 2.24) is 10.2 Å². The number of carbonyl (C=O) groups excluding carboxylic acids is 1. The maximum absolute atomic E-state index is 11.5. The van der Waals surface area contributed by atoms with Gasteiger partial charge in [0.2, 0.25) is 0 Å². The van der Waals surface area contributed by atoms with E-state index >= 15 is 0 Å². The molecule has 0 radical (unpaired) electrons. The molecule has 1 rings (SSSR count). The molecule has 1 atom stereocenters. The Morgan fingerprint density at radius 2 is 2.25 bits per heavy atom. The minimum absolute atomic E-state index is 0.114. The maximum Gasteiger partial charge on any atom is 0.311 e.